The Balaban J connectivity index is 2.53. The largest absolute Gasteiger partial charge is 0.480 e. The highest BCUT2D eigenvalue weighted by Gasteiger charge is 2.44. The van der Waals surface area contributed by atoms with Gasteiger partial charge in [-0.15, -0.1) is 0 Å². The number of nitrogens with one attached hydrogen (secondary N) is 1. The predicted molar refractivity (Wildman–Crippen MR) is 61.2 cm³/mol. The number of carboxylic acid groups (broad SMARTS) is 1. The first kappa shape index (κ1) is 12.8. The molecule has 4 nitrogen and oxygen atoms in total. The number of hydrogen-bond donors (Lipinski definition) is 3. The molecule has 0 bridgehead atoms. The molecule has 15 heavy (non-hydrogen) atoms. The van der Waals surface area contributed by atoms with Crippen molar-refractivity contribution in [2.45, 2.75) is 42.2 Å². The summed E-state index contributed by atoms with van der Waals surface area (Å²) in [6.07, 6.45) is 2.23. The van der Waals surface area contributed by atoms with Crippen molar-refractivity contribution >= 4 is 17.7 Å². The molecule has 1 aliphatic carbocycles. The fourth-order valence-electron chi connectivity index (χ4n) is 2.02. The number of hydrogen-bond acceptors (Lipinski definition) is 4. The highest BCUT2D eigenvalue weighted by Crippen LogP contribution is 2.38. The van der Waals surface area contributed by atoms with Crippen LogP contribution in [-0.4, -0.2) is 45.9 Å². The maximum atomic E-state index is 11.1. The summed E-state index contributed by atoms with van der Waals surface area (Å²) in [4.78, 5) is 11.1. The van der Waals surface area contributed by atoms with Crippen molar-refractivity contribution < 1.29 is 15.0 Å². The normalized spacial score (nSPS) is 32.9. The van der Waals surface area contributed by atoms with Crippen LogP contribution in [-0.2, 0) is 4.79 Å². The minimum Gasteiger partial charge on any atom is -0.480 e. The molecule has 5 heteroatoms. The van der Waals surface area contributed by atoms with E-state index < -0.39 is 11.5 Å². The zero-order valence-corrected chi connectivity index (χ0v) is 10.0. The van der Waals surface area contributed by atoms with Crippen LogP contribution in [0, 0.1) is 0 Å². The van der Waals surface area contributed by atoms with Crippen LogP contribution in [0.4, 0.5) is 0 Å². The van der Waals surface area contributed by atoms with E-state index in [-0.39, 0.29) is 11.9 Å². The highest BCUT2D eigenvalue weighted by molar-refractivity contribution is 8.00. The van der Waals surface area contributed by atoms with Crippen LogP contribution >= 0.6 is 11.8 Å². The first-order chi connectivity index (χ1) is 7.04. The second-order valence-electron chi connectivity index (χ2n) is 4.13. The number of aliphatic hydroxyl groups is 1. The van der Waals surface area contributed by atoms with Gasteiger partial charge in [0.2, 0.25) is 0 Å². The lowest BCUT2D eigenvalue weighted by Crippen LogP contribution is -2.48. The van der Waals surface area contributed by atoms with E-state index in [1.165, 1.54) is 0 Å². The van der Waals surface area contributed by atoms with Crippen LogP contribution in [0.2, 0.25) is 0 Å². The van der Waals surface area contributed by atoms with Gasteiger partial charge in [0.1, 0.15) is 5.54 Å². The maximum Gasteiger partial charge on any atom is 0.323 e. The lowest BCUT2D eigenvalue weighted by atomic mass is 9.99. The number of thioether (sulfide) groups is 1. The van der Waals surface area contributed by atoms with Gasteiger partial charge in [-0.1, -0.05) is 6.92 Å². The summed E-state index contributed by atoms with van der Waals surface area (Å²) < 4.78 is 0. The van der Waals surface area contributed by atoms with Gasteiger partial charge < -0.3 is 15.5 Å². The van der Waals surface area contributed by atoms with E-state index in [2.05, 4.69) is 5.32 Å². The van der Waals surface area contributed by atoms with Crippen LogP contribution in [0.15, 0.2) is 0 Å². The summed E-state index contributed by atoms with van der Waals surface area (Å²) in [5.41, 5.74) is -0.743. The average Bonchev–Trinajstić information content (AvgIpc) is 2.62. The van der Waals surface area contributed by atoms with Crippen molar-refractivity contribution in [3.63, 3.8) is 0 Å². The molecule has 1 rings (SSSR count). The van der Waals surface area contributed by atoms with Crippen LogP contribution < -0.4 is 5.32 Å². The number of carbonyl (C=O) groups is 1. The topological polar surface area (TPSA) is 69.6 Å². The second kappa shape index (κ2) is 5.18. The molecule has 0 aliphatic heterocycles. The number of aliphatic hydroxyl groups excluding tert-OH is 1. The smallest absolute Gasteiger partial charge is 0.323 e. The maximum absolute atomic E-state index is 11.1. The average molecular weight is 233 g/mol. The third-order valence-corrected chi connectivity index (χ3v) is 4.44. The summed E-state index contributed by atoms with van der Waals surface area (Å²) in [5, 5.41) is 21.5. The molecule has 88 valence electrons. The number of likely N-dealkylation sites (N-methyl/N-ethyl adjacent to an activating group) is 1. The molecule has 0 saturated heterocycles. The van der Waals surface area contributed by atoms with Crippen molar-refractivity contribution in [3.05, 3.63) is 0 Å². The number of carboxylic acids is 1. The van der Waals surface area contributed by atoms with Crippen molar-refractivity contribution in [1.82, 2.24) is 5.32 Å². The van der Waals surface area contributed by atoms with Gasteiger partial charge in [0, 0.05) is 10.5 Å². The summed E-state index contributed by atoms with van der Waals surface area (Å²) >= 11 is 1.69. The molecular weight excluding hydrogens is 214 g/mol. The minimum absolute atomic E-state index is 0.154. The van der Waals surface area contributed by atoms with E-state index in [4.69, 9.17) is 10.2 Å². The van der Waals surface area contributed by atoms with Gasteiger partial charge in [-0.25, -0.2) is 0 Å². The van der Waals surface area contributed by atoms with Crippen LogP contribution in [0.3, 0.4) is 0 Å². The minimum atomic E-state index is -0.759. The summed E-state index contributed by atoms with van der Waals surface area (Å²) in [6.45, 7) is 2.12. The standard InChI is InChI=1S/C10H19NO3S/c1-7(6-12)15-8-3-4-10(5-8,11-2)9(13)14/h7-8,11-12H,3-6H2,1-2H3,(H,13,14). The first-order valence-electron chi connectivity index (χ1n) is 5.22. The molecule has 0 radical (unpaired) electrons. The number of rotatable bonds is 5. The Kier molecular flexibility index (Phi) is 4.43. The fourth-order valence-corrected chi connectivity index (χ4v) is 3.39. The monoisotopic (exact) mass is 233 g/mol. The Hall–Kier alpha value is -0.260. The summed E-state index contributed by atoms with van der Waals surface area (Å²) in [7, 11) is 1.70. The SMILES string of the molecule is CNC1(C(=O)O)CCC(SC(C)CO)C1. The van der Waals surface area contributed by atoms with Crippen LogP contribution in [0.5, 0.6) is 0 Å². The van der Waals surface area contributed by atoms with Gasteiger partial charge in [0.05, 0.1) is 6.61 Å². The Morgan fingerprint density at radius 1 is 1.73 bits per heavy atom. The Morgan fingerprint density at radius 3 is 2.80 bits per heavy atom. The van der Waals surface area contributed by atoms with Crippen molar-refractivity contribution in [2.24, 2.45) is 0 Å². The van der Waals surface area contributed by atoms with Crippen LogP contribution in [0.25, 0.3) is 0 Å². The molecule has 3 unspecified atom stereocenters. The Labute approximate surface area is 94.4 Å². The molecule has 0 spiro atoms. The highest BCUT2D eigenvalue weighted by atomic mass is 32.2. The fraction of sp³-hybridized carbons (Fsp3) is 0.900. The van der Waals surface area contributed by atoms with Gasteiger partial charge in [-0.3, -0.25) is 4.79 Å². The second-order valence-corrected chi connectivity index (χ2v) is 5.87. The van der Waals surface area contributed by atoms with E-state index in [1.54, 1.807) is 18.8 Å². The molecule has 1 saturated carbocycles. The van der Waals surface area contributed by atoms with Gasteiger partial charge in [-0.05, 0) is 26.3 Å². The van der Waals surface area contributed by atoms with Crippen LogP contribution in [0.1, 0.15) is 26.2 Å². The van der Waals surface area contributed by atoms with Gasteiger partial charge in [0.25, 0.3) is 0 Å². The van der Waals surface area contributed by atoms with Crippen molar-refractivity contribution in [2.75, 3.05) is 13.7 Å². The van der Waals surface area contributed by atoms with E-state index in [1.807, 2.05) is 6.92 Å². The lowest BCUT2D eigenvalue weighted by Gasteiger charge is -2.23. The van der Waals surface area contributed by atoms with Crippen molar-refractivity contribution in [3.8, 4) is 0 Å². The molecular formula is C10H19NO3S. The van der Waals surface area contributed by atoms with E-state index in [9.17, 15) is 4.79 Å². The van der Waals surface area contributed by atoms with E-state index >= 15 is 0 Å². The van der Waals surface area contributed by atoms with E-state index in [0.29, 0.717) is 18.1 Å². The first-order valence-corrected chi connectivity index (χ1v) is 6.17. The Bertz CT molecular complexity index is 237. The third kappa shape index (κ3) is 2.86. The van der Waals surface area contributed by atoms with Gasteiger partial charge >= 0.3 is 5.97 Å². The molecule has 0 aromatic rings. The zero-order chi connectivity index (χ0) is 11.5. The van der Waals surface area contributed by atoms with Gasteiger partial charge in [-0.2, -0.15) is 11.8 Å². The summed E-state index contributed by atoms with van der Waals surface area (Å²) in [6, 6.07) is 0. The quantitative estimate of drug-likeness (QED) is 0.652. The predicted octanol–water partition coefficient (Wildman–Crippen LogP) is 0.696. The zero-order valence-electron chi connectivity index (χ0n) is 9.19. The molecule has 0 aromatic heterocycles. The molecule has 3 atom stereocenters. The molecule has 0 aromatic carbocycles. The third-order valence-electron chi connectivity index (χ3n) is 3.04. The molecule has 1 fully saturated rings. The molecule has 3 N–H and O–H groups in total. The van der Waals surface area contributed by atoms with Crippen molar-refractivity contribution in [1.29, 1.82) is 0 Å². The molecule has 1 aliphatic rings. The molecule has 0 amide bonds. The van der Waals surface area contributed by atoms with Gasteiger partial charge in [0.15, 0.2) is 0 Å². The molecule has 0 heterocycles. The van der Waals surface area contributed by atoms with E-state index in [0.717, 1.165) is 6.42 Å². The lowest BCUT2D eigenvalue weighted by molar-refractivity contribution is -0.144. The number of aliphatic carboxylic acids is 1. The summed E-state index contributed by atoms with van der Waals surface area (Å²) in [5.74, 6) is -0.759. The Morgan fingerprint density at radius 2 is 2.40 bits per heavy atom.